The van der Waals surface area contributed by atoms with E-state index in [9.17, 15) is 0 Å². The summed E-state index contributed by atoms with van der Waals surface area (Å²) in [5, 5.41) is 0. The van der Waals surface area contributed by atoms with Crippen molar-refractivity contribution in [2.45, 2.75) is 25.3 Å². The lowest BCUT2D eigenvalue weighted by Crippen LogP contribution is -2.09. The Bertz CT molecular complexity index is 802. The van der Waals surface area contributed by atoms with E-state index in [0.29, 0.717) is 12.0 Å². The zero-order valence-electron chi connectivity index (χ0n) is 12.6. The third kappa shape index (κ3) is 2.01. The molecule has 4 rings (SSSR count). The van der Waals surface area contributed by atoms with Gasteiger partial charge in [-0.15, -0.1) is 0 Å². The van der Waals surface area contributed by atoms with Gasteiger partial charge in [-0.05, 0) is 35.6 Å². The van der Waals surface area contributed by atoms with Crippen molar-refractivity contribution in [2.24, 2.45) is 0 Å². The molecule has 2 aromatic carbocycles. The molecule has 0 saturated heterocycles. The van der Waals surface area contributed by atoms with Crippen LogP contribution < -0.4 is 5.73 Å². The molecule has 0 spiro atoms. The number of benzene rings is 2. The number of hydrogen-bond donors (Lipinski definition) is 1. The Kier molecular flexibility index (Phi) is 3.00. The van der Waals surface area contributed by atoms with Gasteiger partial charge in [0.15, 0.2) is 0 Å². The van der Waals surface area contributed by atoms with Crippen molar-refractivity contribution in [1.29, 1.82) is 0 Å². The van der Waals surface area contributed by atoms with Crippen molar-refractivity contribution in [2.75, 3.05) is 5.73 Å². The maximum absolute atomic E-state index is 5.79. The molecule has 0 radical (unpaired) electrons. The van der Waals surface area contributed by atoms with E-state index in [1.165, 1.54) is 22.4 Å². The summed E-state index contributed by atoms with van der Waals surface area (Å²) < 4.78 is 2.30. The van der Waals surface area contributed by atoms with Gasteiger partial charge >= 0.3 is 0 Å². The lowest BCUT2D eigenvalue weighted by molar-refractivity contribution is 0.512. The standard InChI is InChI=1S/C19H19N3/c1-13(14-6-8-15(20)9-7-14)10-18-16-4-2-3-5-17(16)19-11-21-12-22(18)19/h2-9,11-13,18H,10,20H2,1H3. The maximum atomic E-state index is 5.79. The van der Waals surface area contributed by atoms with E-state index < -0.39 is 0 Å². The van der Waals surface area contributed by atoms with Crippen LogP contribution in [0.15, 0.2) is 61.1 Å². The van der Waals surface area contributed by atoms with Crippen LogP contribution in [-0.4, -0.2) is 9.55 Å². The Morgan fingerprint density at radius 1 is 1.14 bits per heavy atom. The minimum Gasteiger partial charge on any atom is -0.399 e. The highest BCUT2D eigenvalue weighted by atomic mass is 15.1. The van der Waals surface area contributed by atoms with Gasteiger partial charge in [-0.3, -0.25) is 0 Å². The number of nitrogens with two attached hydrogens (primary N) is 1. The fraction of sp³-hybridized carbons (Fsp3) is 0.211. The highest BCUT2D eigenvalue weighted by Crippen LogP contribution is 2.43. The number of fused-ring (bicyclic) bond motifs is 3. The zero-order chi connectivity index (χ0) is 15.1. The van der Waals surface area contributed by atoms with Gasteiger partial charge in [0.2, 0.25) is 0 Å². The Morgan fingerprint density at radius 2 is 1.91 bits per heavy atom. The minimum atomic E-state index is 0.362. The summed E-state index contributed by atoms with van der Waals surface area (Å²) in [6.45, 7) is 2.28. The minimum absolute atomic E-state index is 0.362. The molecule has 2 atom stereocenters. The van der Waals surface area contributed by atoms with E-state index in [4.69, 9.17) is 5.73 Å². The number of hydrogen-bond acceptors (Lipinski definition) is 2. The summed E-state index contributed by atoms with van der Waals surface area (Å²) in [7, 11) is 0. The number of anilines is 1. The van der Waals surface area contributed by atoms with Crippen LogP contribution in [0.2, 0.25) is 0 Å². The van der Waals surface area contributed by atoms with Gasteiger partial charge in [0.25, 0.3) is 0 Å². The van der Waals surface area contributed by atoms with Crippen molar-refractivity contribution in [3.63, 3.8) is 0 Å². The van der Waals surface area contributed by atoms with E-state index in [1.807, 2.05) is 24.7 Å². The predicted octanol–water partition coefficient (Wildman–Crippen LogP) is 4.23. The van der Waals surface area contributed by atoms with Gasteiger partial charge in [0.05, 0.1) is 24.3 Å². The number of imidazole rings is 1. The van der Waals surface area contributed by atoms with Gasteiger partial charge in [-0.2, -0.15) is 0 Å². The molecule has 2 heterocycles. The molecule has 3 aromatic rings. The fourth-order valence-electron chi connectivity index (χ4n) is 3.47. The van der Waals surface area contributed by atoms with Crippen LogP contribution in [0.1, 0.15) is 36.4 Å². The summed E-state index contributed by atoms with van der Waals surface area (Å²) in [6, 6.07) is 17.3. The van der Waals surface area contributed by atoms with Crippen LogP contribution in [0.5, 0.6) is 0 Å². The first-order valence-electron chi connectivity index (χ1n) is 7.70. The monoisotopic (exact) mass is 289 g/mol. The number of aromatic nitrogens is 2. The average molecular weight is 289 g/mol. The van der Waals surface area contributed by atoms with Crippen LogP contribution in [0.25, 0.3) is 11.3 Å². The van der Waals surface area contributed by atoms with Crippen molar-refractivity contribution < 1.29 is 0 Å². The SMILES string of the molecule is CC(CC1c2ccccc2-c2cncn21)c1ccc(N)cc1. The first-order chi connectivity index (χ1) is 10.7. The third-order valence-corrected chi connectivity index (χ3v) is 4.68. The second-order valence-electron chi connectivity index (χ2n) is 6.09. The second-order valence-corrected chi connectivity index (χ2v) is 6.09. The van der Waals surface area contributed by atoms with Crippen LogP contribution in [0.4, 0.5) is 5.69 Å². The molecule has 0 amide bonds. The molecule has 0 saturated carbocycles. The highest BCUT2D eigenvalue weighted by Gasteiger charge is 2.29. The van der Waals surface area contributed by atoms with E-state index in [2.05, 4.69) is 52.9 Å². The summed E-state index contributed by atoms with van der Waals surface area (Å²) in [5.41, 5.74) is 11.9. The molecule has 0 aliphatic carbocycles. The van der Waals surface area contributed by atoms with Gasteiger partial charge in [-0.25, -0.2) is 4.98 Å². The molecule has 2 N–H and O–H groups in total. The summed E-state index contributed by atoms with van der Waals surface area (Å²) in [4.78, 5) is 4.33. The lowest BCUT2D eigenvalue weighted by Gasteiger charge is -2.20. The average Bonchev–Trinajstić information content (AvgIpc) is 3.11. The first kappa shape index (κ1) is 13.1. The predicted molar refractivity (Wildman–Crippen MR) is 89.7 cm³/mol. The summed E-state index contributed by atoms with van der Waals surface area (Å²) in [5.74, 6) is 0.465. The Morgan fingerprint density at radius 3 is 2.73 bits per heavy atom. The molecule has 3 nitrogen and oxygen atoms in total. The van der Waals surface area contributed by atoms with Crippen LogP contribution in [0, 0.1) is 0 Å². The van der Waals surface area contributed by atoms with Crippen molar-refractivity contribution in [3.8, 4) is 11.3 Å². The van der Waals surface area contributed by atoms with Crippen molar-refractivity contribution >= 4 is 5.69 Å². The number of nitrogens with zero attached hydrogens (tertiary/aromatic N) is 2. The molecule has 1 aromatic heterocycles. The Hall–Kier alpha value is -2.55. The highest BCUT2D eigenvalue weighted by molar-refractivity contribution is 5.68. The Labute approximate surface area is 130 Å². The maximum Gasteiger partial charge on any atom is 0.0956 e. The van der Waals surface area contributed by atoms with Crippen molar-refractivity contribution in [1.82, 2.24) is 9.55 Å². The van der Waals surface area contributed by atoms with E-state index in [1.54, 1.807) is 0 Å². The van der Waals surface area contributed by atoms with Gasteiger partial charge in [0, 0.05) is 11.3 Å². The summed E-state index contributed by atoms with van der Waals surface area (Å²) in [6.07, 6.45) is 4.98. The molecule has 1 aliphatic heterocycles. The Balaban J connectivity index is 1.67. The van der Waals surface area contributed by atoms with Crippen LogP contribution >= 0.6 is 0 Å². The molecular weight excluding hydrogens is 270 g/mol. The molecule has 0 fully saturated rings. The summed E-state index contributed by atoms with van der Waals surface area (Å²) >= 11 is 0. The smallest absolute Gasteiger partial charge is 0.0956 e. The number of nitrogen functional groups attached to an aromatic ring is 1. The van der Waals surface area contributed by atoms with Gasteiger partial charge in [0.1, 0.15) is 0 Å². The molecule has 2 unspecified atom stereocenters. The molecule has 22 heavy (non-hydrogen) atoms. The molecular formula is C19H19N3. The molecule has 1 aliphatic rings. The second kappa shape index (κ2) is 5.02. The molecule has 3 heteroatoms. The third-order valence-electron chi connectivity index (χ3n) is 4.68. The first-order valence-corrected chi connectivity index (χ1v) is 7.70. The molecule has 0 bridgehead atoms. The van der Waals surface area contributed by atoms with Crippen LogP contribution in [-0.2, 0) is 0 Å². The van der Waals surface area contributed by atoms with E-state index in [0.717, 1.165) is 12.1 Å². The number of rotatable bonds is 3. The van der Waals surface area contributed by atoms with Gasteiger partial charge < -0.3 is 10.3 Å². The van der Waals surface area contributed by atoms with Gasteiger partial charge in [-0.1, -0.05) is 43.3 Å². The molecule has 110 valence electrons. The normalized spacial score (nSPS) is 17.0. The zero-order valence-corrected chi connectivity index (χ0v) is 12.6. The van der Waals surface area contributed by atoms with Crippen LogP contribution in [0.3, 0.4) is 0 Å². The topological polar surface area (TPSA) is 43.8 Å². The van der Waals surface area contributed by atoms with E-state index >= 15 is 0 Å². The fourth-order valence-corrected chi connectivity index (χ4v) is 3.47. The quantitative estimate of drug-likeness (QED) is 0.733. The van der Waals surface area contributed by atoms with Crippen molar-refractivity contribution in [3.05, 3.63) is 72.2 Å². The largest absolute Gasteiger partial charge is 0.399 e. The van der Waals surface area contributed by atoms with E-state index in [-0.39, 0.29) is 0 Å². The lowest BCUT2D eigenvalue weighted by atomic mass is 9.90.